The molecule has 2 rings (SSSR count). The van der Waals surface area contributed by atoms with E-state index in [1.165, 1.54) is 12.1 Å². The van der Waals surface area contributed by atoms with Gasteiger partial charge < -0.3 is 15.5 Å². The number of hydrogen-bond donors (Lipinski definition) is 1. The van der Waals surface area contributed by atoms with Crippen molar-refractivity contribution in [2.75, 3.05) is 39.8 Å². The number of nitrogens with two attached hydrogens (primary N) is 1. The normalized spacial score (nSPS) is 17.8. The van der Waals surface area contributed by atoms with Gasteiger partial charge in [0, 0.05) is 38.8 Å². The zero-order chi connectivity index (χ0) is 15.4. The highest BCUT2D eigenvalue weighted by Gasteiger charge is 2.26. The number of likely N-dealkylation sites (N-methyl/N-ethyl adjacent to an activating group) is 1. The summed E-state index contributed by atoms with van der Waals surface area (Å²) >= 11 is 0. The molecule has 0 radical (unpaired) electrons. The maximum atomic E-state index is 13.2. The van der Waals surface area contributed by atoms with Crippen LogP contribution in [0.25, 0.3) is 0 Å². The van der Waals surface area contributed by atoms with E-state index in [1.54, 1.807) is 4.90 Å². The van der Waals surface area contributed by atoms with Gasteiger partial charge in [-0.15, -0.1) is 0 Å². The third kappa shape index (κ3) is 4.22. The Morgan fingerprint density at radius 1 is 1.19 bits per heavy atom. The van der Waals surface area contributed by atoms with E-state index < -0.39 is 17.6 Å². The van der Waals surface area contributed by atoms with E-state index in [1.807, 2.05) is 7.05 Å². The number of carbonyl (C=O) groups excluding carboxylic acids is 1. The van der Waals surface area contributed by atoms with Gasteiger partial charge in [-0.3, -0.25) is 4.79 Å². The van der Waals surface area contributed by atoms with Crippen LogP contribution in [-0.4, -0.2) is 55.5 Å². The fourth-order valence-corrected chi connectivity index (χ4v) is 2.57. The quantitative estimate of drug-likeness (QED) is 0.896. The minimum Gasteiger partial charge on any atom is -0.340 e. The number of piperazine rings is 1. The van der Waals surface area contributed by atoms with Crippen LogP contribution in [0.15, 0.2) is 18.2 Å². The smallest absolute Gasteiger partial charge is 0.227 e. The van der Waals surface area contributed by atoms with Crippen molar-refractivity contribution in [2.45, 2.75) is 6.42 Å². The zero-order valence-corrected chi connectivity index (χ0v) is 12.2. The third-order valence-corrected chi connectivity index (χ3v) is 3.85. The minimum absolute atomic E-state index is 0.0322. The summed E-state index contributed by atoms with van der Waals surface area (Å²) in [5, 5.41) is 0. The number of halogens is 2. The highest BCUT2D eigenvalue weighted by atomic mass is 19.1. The lowest BCUT2D eigenvalue weighted by atomic mass is 9.97. The maximum absolute atomic E-state index is 13.2. The predicted octanol–water partition coefficient (Wildman–Crippen LogP) is 0.856. The van der Waals surface area contributed by atoms with Crippen molar-refractivity contribution in [1.82, 2.24) is 9.80 Å². The maximum Gasteiger partial charge on any atom is 0.227 e. The average molecular weight is 297 g/mol. The molecule has 116 valence electrons. The van der Waals surface area contributed by atoms with E-state index in [-0.39, 0.29) is 18.9 Å². The SMILES string of the molecule is CN1CCN(C(=O)C(CN)Cc2cc(F)cc(F)c2)CC1. The van der Waals surface area contributed by atoms with Crippen LogP contribution in [0.2, 0.25) is 0 Å². The molecule has 0 spiro atoms. The molecular formula is C15H21F2N3O. The Hall–Kier alpha value is -1.53. The number of hydrogen-bond acceptors (Lipinski definition) is 3. The Morgan fingerprint density at radius 2 is 1.76 bits per heavy atom. The molecule has 6 heteroatoms. The summed E-state index contributed by atoms with van der Waals surface area (Å²) in [7, 11) is 2.01. The molecule has 1 aliphatic heterocycles. The van der Waals surface area contributed by atoms with Crippen LogP contribution < -0.4 is 5.73 Å². The first-order valence-corrected chi connectivity index (χ1v) is 7.12. The highest BCUT2D eigenvalue weighted by molar-refractivity contribution is 5.79. The number of amides is 1. The topological polar surface area (TPSA) is 49.6 Å². The third-order valence-electron chi connectivity index (χ3n) is 3.85. The Kier molecular flexibility index (Phi) is 5.25. The molecule has 1 saturated heterocycles. The molecule has 1 aliphatic rings. The van der Waals surface area contributed by atoms with E-state index in [0.717, 1.165) is 19.2 Å². The van der Waals surface area contributed by atoms with Gasteiger partial charge in [0.25, 0.3) is 0 Å². The van der Waals surface area contributed by atoms with E-state index in [0.29, 0.717) is 18.7 Å². The van der Waals surface area contributed by atoms with E-state index >= 15 is 0 Å². The van der Waals surface area contributed by atoms with Gasteiger partial charge >= 0.3 is 0 Å². The number of benzene rings is 1. The summed E-state index contributed by atoms with van der Waals surface area (Å²) in [4.78, 5) is 16.4. The zero-order valence-electron chi connectivity index (χ0n) is 12.2. The molecule has 1 aromatic carbocycles. The molecule has 1 atom stereocenters. The van der Waals surface area contributed by atoms with E-state index in [9.17, 15) is 13.6 Å². The van der Waals surface area contributed by atoms with Crippen LogP contribution in [-0.2, 0) is 11.2 Å². The lowest BCUT2D eigenvalue weighted by Crippen LogP contribution is -2.50. The van der Waals surface area contributed by atoms with Gasteiger partial charge in [-0.1, -0.05) is 0 Å². The fourth-order valence-electron chi connectivity index (χ4n) is 2.57. The molecule has 0 bridgehead atoms. The van der Waals surface area contributed by atoms with Crippen molar-refractivity contribution in [3.05, 3.63) is 35.4 Å². The molecule has 1 heterocycles. The number of rotatable bonds is 4. The van der Waals surface area contributed by atoms with E-state index in [2.05, 4.69) is 4.90 Å². The fraction of sp³-hybridized carbons (Fsp3) is 0.533. The Bertz CT molecular complexity index is 481. The Labute approximate surface area is 123 Å². The van der Waals surface area contributed by atoms with Gasteiger partial charge in [0.05, 0.1) is 5.92 Å². The van der Waals surface area contributed by atoms with Crippen LogP contribution in [0.4, 0.5) is 8.78 Å². The second kappa shape index (κ2) is 6.95. The van der Waals surface area contributed by atoms with Crippen molar-refractivity contribution >= 4 is 5.91 Å². The van der Waals surface area contributed by atoms with Crippen LogP contribution in [0.1, 0.15) is 5.56 Å². The van der Waals surface area contributed by atoms with Gasteiger partial charge in [-0.2, -0.15) is 0 Å². The number of carbonyl (C=O) groups is 1. The molecule has 0 aliphatic carbocycles. The van der Waals surface area contributed by atoms with Crippen LogP contribution in [0.5, 0.6) is 0 Å². The molecule has 0 saturated carbocycles. The average Bonchev–Trinajstić information content (AvgIpc) is 2.44. The standard InChI is InChI=1S/C15H21F2N3O/c1-19-2-4-20(5-3-19)15(21)12(10-18)6-11-7-13(16)9-14(17)8-11/h7-9,12H,2-6,10,18H2,1H3. The molecule has 1 unspecified atom stereocenters. The van der Waals surface area contributed by atoms with Crippen molar-refractivity contribution in [1.29, 1.82) is 0 Å². The predicted molar refractivity (Wildman–Crippen MR) is 76.7 cm³/mol. The summed E-state index contributed by atoms with van der Waals surface area (Å²) in [5.41, 5.74) is 6.15. The van der Waals surface area contributed by atoms with Crippen molar-refractivity contribution in [3.63, 3.8) is 0 Å². The monoisotopic (exact) mass is 297 g/mol. The van der Waals surface area contributed by atoms with Gasteiger partial charge in [-0.25, -0.2) is 8.78 Å². The van der Waals surface area contributed by atoms with Crippen molar-refractivity contribution in [3.8, 4) is 0 Å². The van der Waals surface area contributed by atoms with Crippen LogP contribution >= 0.6 is 0 Å². The van der Waals surface area contributed by atoms with Gasteiger partial charge in [0.15, 0.2) is 0 Å². The Morgan fingerprint density at radius 3 is 2.29 bits per heavy atom. The van der Waals surface area contributed by atoms with Crippen molar-refractivity contribution < 1.29 is 13.6 Å². The summed E-state index contributed by atoms with van der Waals surface area (Å²) in [6, 6.07) is 3.33. The second-order valence-electron chi connectivity index (χ2n) is 5.54. The molecule has 0 aromatic heterocycles. The first kappa shape index (κ1) is 15.9. The molecule has 1 fully saturated rings. The summed E-state index contributed by atoms with van der Waals surface area (Å²) in [6.07, 6.45) is 0.260. The first-order valence-electron chi connectivity index (χ1n) is 7.12. The van der Waals surface area contributed by atoms with Crippen LogP contribution in [0.3, 0.4) is 0 Å². The number of nitrogens with zero attached hydrogens (tertiary/aromatic N) is 2. The summed E-state index contributed by atoms with van der Waals surface area (Å²) in [5.74, 6) is -1.73. The molecular weight excluding hydrogens is 276 g/mol. The van der Waals surface area contributed by atoms with Gasteiger partial charge in [-0.05, 0) is 31.2 Å². The molecule has 4 nitrogen and oxygen atoms in total. The van der Waals surface area contributed by atoms with Gasteiger partial charge in [0.1, 0.15) is 11.6 Å². The Balaban J connectivity index is 2.03. The van der Waals surface area contributed by atoms with E-state index in [4.69, 9.17) is 5.73 Å². The molecule has 21 heavy (non-hydrogen) atoms. The van der Waals surface area contributed by atoms with Crippen molar-refractivity contribution in [2.24, 2.45) is 11.7 Å². The van der Waals surface area contributed by atoms with Gasteiger partial charge in [0.2, 0.25) is 5.91 Å². The molecule has 1 aromatic rings. The minimum atomic E-state index is -0.632. The lowest BCUT2D eigenvalue weighted by Gasteiger charge is -2.34. The largest absolute Gasteiger partial charge is 0.340 e. The van der Waals surface area contributed by atoms with Crippen LogP contribution in [0, 0.1) is 17.6 Å². The second-order valence-corrected chi connectivity index (χ2v) is 5.54. The summed E-state index contributed by atoms with van der Waals surface area (Å²) in [6.45, 7) is 3.17. The highest BCUT2D eigenvalue weighted by Crippen LogP contribution is 2.15. The summed E-state index contributed by atoms with van der Waals surface area (Å²) < 4.78 is 26.4. The lowest BCUT2D eigenvalue weighted by molar-refractivity contribution is -0.136. The first-order chi connectivity index (χ1) is 9.99. The molecule has 1 amide bonds. The molecule has 2 N–H and O–H groups in total.